The van der Waals surface area contributed by atoms with E-state index >= 15 is 0 Å². The lowest BCUT2D eigenvalue weighted by Gasteiger charge is -2.04. The third-order valence-electron chi connectivity index (χ3n) is 2.37. The van der Waals surface area contributed by atoms with Gasteiger partial charge in [-0.2, -0.15) is 0 Å². The van der Waals surface area contributed by atoms with Crippen LogP contribution in [0.3, 0.4) is 0 Å². The molecule has 0 aliphatic rings. The number of anilines is 1. The van der Waals surface area contributed by atoms with E-state index in [9.17, 15) is 9.59 Å². The van der Waals surface area contributed by atoms with Crippen molar-refractivity contribution < 1.29 is 9.59 Å². The first-order chi connectivity index (χ1) is 7.69. The first-order valence-corrected chi connectivity index (χ1v) is 4.95. The minimum Gasteiger partial charge on any atom is -0.320 e. The first kappa shape index (κ1) is 10.4. The molecule has 80 valence electrons. The lowest BCUT2D eigenvalue weighted by Crippen LogP contribution is -2.11. The average molecular weight is 213 g/mol. The highest BCUT2D eigenvalue weighted by atomic mass is 16.2. The smallest absolute Gasteiger partial charge is 0.288 e. The Bertz CT molecular complexity index is 561. The van der Waals surface area contributed by atoms with E-state index in [0.29, 0.717) is 5.69 Å². The molecular formula is C13H11NO2. The molecule has 0 bridgehead atoms. The molecule has 0 fully saturated rings. The van der Waals surface area contributed by atoms with Gasteiger partial charge in [-0.05, 0) is 29.8 Å². The molecule has 0 radical (unpaired) electrons. The maximum absolute atomic E-state index is 10.9. The highest BCUT2D eigenvalue weighted by Gasteiger charge is 2.00. The molecule has 2 rings (SSSR count). The number of carbonyl (C=O) groups is 2. The van der Waals surface area contributed by atoms with E-state index in [1.807, 2.05) is 31.2 Å². The summed E-state index contributed by atoms with van der Waals surface area (Å²) in [6.45, 7) is 2.03. The zero-order valence-corrected chi connectivity index (χ0v) is 8.86. The topological polar surface area (TPSA) is 46.2 Å². The summed E-state index contributed by atoms with van der Waals surface area (Å²) < 4.78 is 0. The van der Waals surface area contributed by atoms with Gasteiger partial charge in [-0.25, -0.2) is 0 Å². The van der Waals surface area contributed by atoms with Crippen LogP contribution in [0.4, 0.5) is 5.69 Å². The number of rotatable bonds is 2. The second kappa shape index (κ2) is 4.14. The summed E-state index contributed by atoms with van der Waals surface area (Å²) in [6.07, 6.45) is 0.263. The number of hydrogen-bond donors (Lipinski definition) is 1. The summed E-state index contributed by atoms with van der Waals surface area (Å²) in [5.41, 5.74) is 1.82. The lowest BCUT2D eigenvalue weighted by molar-refractivity contribution is -0.127. The van der Waals surface area contributed by atoms with Gasteiger partial charge in [-0.3, -0.25) is 9.59 Å². The fraction of sp³-hybridized carbons (Fsp3) is 0.0769. The summed E-state index contributed by atoms with van der Waals surface area (Å²) in [5, 5.41) is 4.64. The van der Waals surface area contributed by atoms with Crippen LogP contribution in [0.2, 0.25) is 0 Å². The largest absolute Gasteiger partial charge is 0.320 e. The second-order valence-corrected chi connectivity index (χ2v) is 3.67. The zero-order valence-electron chi connectivity index (χ0n) is 8.86. The average Bonchev–Trinajstić information content (AvgIpc) is 2.29. The Hall–Kier alpha value is -2.16. The van der Waals surface area contributed by atoms with E-state index in [1.54, 1.807) is 6.07 Å². The minimum absolute atomic E-state index is 0.263. The van der Waals surface area contributed by atoms with Crippen LogP contribution >= 0.6 is 0 Å². The molecule has 3 nitrogen and oxygen atoms in total. The SMILES string of the molecule is Cc1ccc2cc(NC(=O)C=O)ccc2c1. The number of hydrogen-bond acceptors (Lipinski definition) is 2. The third kappa shape index (κ3) is 2.08. The molecule has 0 aliphatic heterocycles. The van der Waals surface area contributed by atoms with Crippen molar-refractivity contribution in [3.05, 3.63) is 42.0 Å². The van der Waals surface area contributed by atoms with Crippen molar-refractivity contribution in [1.82, 2.24) is 0 Å². The van der Waals surface area contributed by atoms with Crippen molar-refractivity contribution in [2.45, 2.75) is 6.92 Å². The quantitative estimate of drug-likeness (QED) is 0.614. The Balaban J connectivity index is 2.40. The normalized spacial score (nSPS) is 10.1. The molecule has 0 atom stereocenters. The van der Waals surface area contributed by atoms with Crippen LogP contribution in [0.5, 0.6) is 0 Å². The van der Waals surface area contributed by atoms with Gasteiger partial charge in [0.05, 0.1) is 0 Å². The summed E-state index contributed by atoms with van der Waals surface area (Å²) in [5.74, 6) is -0.633. The molecule has 0 heterocycles. The van der Waals surface area contributed by atoms with E-state index in [4.69, 9.17) is 0 Å². The van der Waals surface area contributed by atoms with E-state index in [-0.39, 0.29) is 6.29 Å². The standard InChI is InChI=1S/C13H11NO2/c1-9-2-3-11-7-12(14-13(16)8-15)5-4-10(11)6-9/h2-8H,1H3,(H,14,16). The third-order valence-corrected chi connectivity index (χ3v) is 2.37. The maximum Gasteiger partial charge on any atom is 0.288 e. The molecule has 1 amide bonds. The number of nitrogens with one attached hydrogen (secondary N) is 1. The highest BCUT2D eigenvalue weighted by molar-refractivity contribution is 6.29. The fourth-order valence-electron chi connectivity index (χ4n) is 1.61. The van der Waals surface area contributed by atoms with E-state index < -0.39 is 5.91 Å². The zero-order chi connectivity index (χ0) is 11.5. The number of aryl methyl sites for hydroxylation is 1. The Kier molecular flexibility index (Phi) is 2.68. The van der Waals surface area contributed by atoms with Crippen LogP contribution in [-0.2, 0) is 9.59 Å². The summed E-state index contributed by atoms with van der Waals surface area (Å²) in [6, 6.07) is 11.6. The fourth-order valence-corrected chi connectivity index (χ4v) is 1.61. The van der Waals surface area contributed by atoms with Crippen LogP contribution in [0.1, 0.15) is 5.56 Å². The number of aldehydes is 1. The Morgan fingerprint density at radius 3 is 2.56 bits per heavy atom. The number of carbonyl (C=O) groups excluding carboxylic acids is 2. The van der Waals surface area contributed by atoms with Crippen molar-refractivity contribution in [3.63, 3.8) is 0 Å². The maximum atomic E-state index is 10.9. The Morgan fingerprint density at radius 1 is 1.12 bits per heavy atom. The van der Waals surface area contributed by atoms with Gasteiger partial charge in [0.25, 0.3) is 5.91 Å². The lowest BCUT2D eigenvalue weighted by atomic mass is 10.1. The highest BCUT2D eigenvalue weighted by Crippen LogP contribution is 2.20. The van der Waals surface area contributed by atoms with Gasteiger partial charge < -0.3 is 5.32 Å². The van der Waals surface area contributed by atoms with Crippen LogP contribution in [0, 0.1) is 6.92 Å². The number of fused-ring (bicyclic) bond motifs is 1. The van der Waals surface area contributed by atoms with Gasteiger partial charge in [0.2, 0.25) is 6.29 Å². The van der Waals surface area contributed by atoms with Gasteiger partial charge in [0.1, 0.15) is 0 Å². The second-order valence-electron chi connectivity index (χ2n) is 3.67. The van der Waals surface area contributed by atoms with Crippen LogP contribution in [0.15, 0.2) is 36.4 Å². The van der Waals surface area contributed by atoms with Crippen LogP contribution in [0.25, 0.3) is 10.8 Å². The summed E-state index contributed by atoms with van der Waals surface area (Å²) in [4.78, 5) is 21.1. The van der Waals surface area contributed by atoms with E-state index in [1.165, 1.54) is 5.56 Å². The van der Waals surface area contributed by atoms with Crippen molar-refractivity contribution in [2.24, 2.45) is 0 Å². The minimum atomic E-state index is -0.633. The molecule has 1 N–H and O–H groups in total. The van der Waals surface area contributed by atoms with Crippen molar-refractivity contribution in [3.8, 4) is 0 Å². The van der Waals surface area contributed by atoms with Crippen molar-refractivity contribution in [1.29, 1.82) is 0 Å². The Morgan fingerprint density at radius 2 is 1.81 bits per heavy atom. The molecule has 0 unspecified atom stereocenters. The molecule has 0 spiro atoms. The van der Waals surface area contributed by atoms with Gasteiger partial charge in [-0.1, -0.05) is 29.8 Å². The predicted octanol–water partition coefficient (Wildman–Crippen LogP) is 2.29. The van der Waals surface area contributed by atoms with Crippen molar-refractivity contribution >= 4 is 28.7 Å². The molecule has 3 heteroatoms. The summed E-state index contributed by atoms with van der Waals surface area (Å²) >= 11 is 0. The molecule has 0 saturated carbocycles. The molecular weight excluding hydrogens is 202 g/mol. The van der Waals surface area contributed by atoms with Gasteiger partial charge in [0.15, 0.2) is 0 Å². The monoisotopic (exact) mass is 213 g/mol. The summed E-state index contributed by atoms with van der Waals surface area (Å²) in [7, 11) is 0. The molecule has 2 aromatic rings. The molecule has 0 aliphatic carbocycles. The van der Waals surface area contributed by atoms with E-state index in [0.717, 1.165) is 10.8 Å². The molecule has 2 aromatic carbocycles. The van der Waals surface area contributed by atoms with Gasteiger partial charge in [0, 0.05) is 5.69 Å². The molecule has 0 aromatic heterocycles. The molecule has 16 heavy (non-hydrogen) atoms. The van der Waals surface area contributed by atoms with Gasteiger partial charge >= 0.3 is 0 Å². The van der Waals surface area contributed by atoms with Gasteiger partial charge in [-0.15, -0.1) is 0 Å². The number of amides is 1. The van der Waals surface area contributed by atoms with Crippen LogP contribution in [-0.4, -0.2) is 12.2 Å². The molecule has 0 saturated heterocycles. The van der Waals surface area contributed by atoms with E-state index in [2.05, 4.69) is 11.4 Å². The number of benzene rings is 2. The Labute approximate surface area is 93.1 Å². The van der Waals surface area contributed by atoms with Crippen LogP contribution < -0.4 is 5.32 Å². The predicted molar refractivity (Wildman–Crippen MR) is 63.4 cm³/mol. The first-order valence-electron chi connectivity index (χ1n) is 4.95. The van der Waals surface area contributed by atoms with Crippen molar-refractivity contribution in [2.75, 3.05) is 5.32 Å².